The predicted octanol–water partition coefficient (Wildman–Crippen LogP) is 3.09. The molecular formula is C23H32N6O4S. The number of nitrogens with zero attached hydrogens (tertiary/aromatic N) is 4. The second-order valence-electron chi connectivity index (χ2n) is 9.01. The topological polar surface area (TPSA) is 122 Å². The fourth-order valence-electron chi connectivity index (χ4n) is 4.29. The first-order valence-electron chi connectivity index (χ1n) is 11.8. The Kier molecular flexibility index (Phi) is 7.30. The lowest BCUT2D eigenvalue weighted by Gasteiger charge is -2.44. The lowest BCUT2D eigenvalue weighted by atomic mass is 9.95. The minimum atomic E-state index is -0.652. The van der Waals surface area contributed by atoms with Crippen molar-refractivity contribution >= 4 is 23.6 Å². The number of ether oxygens (including phenoxy) is 2. The predicted molar refractivity (Wildman–Crippen MR) is 128 cm³/mol. The van der Waals surface area contributed by atoms with Crippen molar-refractivity contribution in [3.63, 3.8) is 0 Å². The molecule has 3 heterocycles. The molecule has 2 unspecified atom stereocenters. The summed E-state index contributed by atoms with van der Waals surface area (Å²) in [7, 11) is 0. The zero-order chi connectivity index (χ0) is 24.3. The zero-order valence-electron chi connectivity index (χ0n) is 20.0. The van der Waals surface area contributed by atoms with Gasteiger partial charge in [-0.25, -0.2) is 0 Å². The van der Waals surface area contributed by atoms with E-state index in [1.54, 1.807) is 28.8 Å². The average Bonchev–Trinajstić information content (AvgIpc) is 3.42. The highest BCUT2D eigenvalue weighted by Crippen LogP contribution is 2.56. The van der Waals surface area contributed by atoms with Crippen LogP contribution in [0.15, 0.2) is 18.2 Å². The Balaban J connectivity index is 1.54. The number of hydrogen-bond acceptors (Lipinski definition) is 8. The second kappa shape index (κ2) is 10.2. The van der Waals surface area contributed by atoms with Gasteiger partial charge < -0.3 is 19.7 Å². The van der Waals surface area contributed by atoms with Crippen LogP contribution in [0.4, 0.5) is 0 Å². The minimum absolute atomic E-state index is 0.163. The molecular weight excluding hydrogens is 456 g/mol. The molecule has 2 fully saturated rings. The van der Waals surface area contributed by atoms with E-state index in [1.807, 2.05) is 19.9 Å². The van der Waals surface area contributed by atoms with Gasteiger partial charge in [-0.2, -0.15) is 5.21 Å². The summed E-state index contributed by atoms with van der Waals surface area (Å²) in [6, 6.07) is 4.39. The Morgan fingerprint density at radius 2 is 1.82 bits per heavy atom. The number of fused-ring (bicyclic) bond motifs is 1. The van der Waals surface area contributed by atoms with Gasteiger partial charge in [-0.05, 0) is 38.8 Å². The molecule has 184 valence electrons. The highest BCUT2D eigenvalue weighted by Gasteiger charge is 2.63. The lowest BCUT2D eigenvalue weighted by molar-refractivity contribution is -0.148. The summed E-state index contributed by atoms with van der Waals surface area (Å²) in [6.07, 6.45) is 3.72. The van der Waals surface area contributed by atoms with Crippen molar-refractivity contribution in [1.29, 1.82) is 0 Å². The van der Waals surface area contributed by atoms with Gasteiger partial charge in [0.05, 0.1) is 13.2 Å². The van der Waals surface area contributed by atoms with Gasteiger partial charge in [-0.15, -0.1) is 22.0 Å². The van der Waals surface area contributed by atoms with Crippen molar-refractivity contribution in [3.8, 4) is 11.5 Å². The van der Waals surface area contributed by atoms with Crippen LogP contribution in [0.1, 0.15) is 75.6 Å². The first-order valence-corrected chi connectivity index (χ1v) is 12.7. The van der Waals surface area contributed by atoms with Crippen LogP contribution in [0, 0.1) is 0 Å². The van der Waals surface area contributed by atoms with E-state index in [0.717, 1.165) is 25.7 Å². The summed E-state index contributed by atoms with van der Waals surface area (Å²) >= 11 is 1.62. The number of β-lactam (4-membered cyclic amide) rings is 1. The van der Waals surface area contributed by atoms with Crippen LogP contribution in [0.3, 0.4) is 0 Å². The monoisotopic (exact) mass is 488 g/mol. The quantitative estimate of drug-likeness (QED) is 0.365. The Labute approximate surface area is 203 Å². The highest BCUT2D eigenvalue weighted by atomic mass is 32.2. The van der Waals surface area contributed by atoms with Crippen LogP contribution in [-0.4, -0.2) is 66.7 Å². The molecule has 2 amide bonds. The summed E-state index contributed by atoms with van der Waals surface area (Å²) < 4.78 is 11.5. The van der Waals surface area contributed by atoms with Crippen LogP contribution in [0.2, 0.25) is 0 Å². The van der Waals surface area contributed by atoms with Crippen molar-refractivity contribution < 1.29 is 19.1 Å². The first kappa shape index (κ1) is 24.3. The van der Waals surface area contributed by atoms with Crippen molar-refractivity contribution in [2.45, 2.75) is 75.6 Å². The van der Waals surface area contributed by atoms with Crippen LogP contribution in [-0.2, 0) is 4.79 Å². The summed E-state index contributed by atoms with van der Waals surface area (Å²) in [5.74, 6) is 0.863. The number of nitrogens with one attached hydrogen (secondary N) is 2. The number of benzene rings is 1. The standard InChI is InChI=1S/C23H32N6O4S/c1-5-7-12-32-14-10-9-11-15(33-13-8-6-2)16(14)20(30)24-17-21(31)29-18(19-25-27-28-26-19)23(3,4)34-22(17)29/h9-11,17-18,22H,5-8,12-13H2,1-4H3,(H,24,30)(H,25,26,27,28)/t17?,18?,22-/m1/s1. The number of carbonyl (C=O) groups is 2. The number of tetrazole rings is 1. The SMILES string of the molecule is CCCCOc1cccc(OCCCC)c1C(=O)NC1C(=O)N2C(c3nn[nH]n3)C(C)(C)S[C@H]12. The Hall–Kier alpha value is -2.82. The smallest absolute Gasteiger partial charge is 0.259 e. The molecule has 0 spiro atoms. The van der Waals surface area contributed by atoms with Gasteiger partial charge in [0, 0.05) is 4.75 Å². The van der Waals surface area contributed by atoms with Crippen molar-refractivity contribution in [2.24, 2.45) is 0 Å². The number of carbonyl (C=O) groups excluding carboxylic acids is 2. The van der Waals surface area contributed by atoms with Gasteiger partial charge >= 0.3 is 0 Å². The van der Waals surface area contributed by atoms with Gasteiger partial charge in [0.15, 0.2) is 5.82 Å². The molecule has 0 aliphatic carbocycles. The summed E-state index contributed by atoms with van der Waals surface area (Å²) in [6.45, 7) is 9.25. The number of unbranched alkanes of at least 4 members (excludes halogenated alkanes) is 2. The Morgan fingerprint density at radius 1 is 1.18 bits per heavy atom. The zero-order valence-corrected chi connectivity index (χ0v) is 20.9. The number of thioether (sulfide) groups is 1. The minimum Gasteiger partial charge on any atom is -0.493 e. The lowest BCUT2D eigenvalue weighted by Crippen LogP contribution is -2.67. The molecule has 11 heteroatoms. The van der Waals surface area contributed by atoms with E-state index in [1.165, 1.54) is 0 Å². The molecule has 10 nitrogen and oxygen atoms in total. The highest BCUT2D eigenvalue weighted by molar-refractivity contribution is 8.01. The molecule has 2 saturated heterocycles. The molecule has 0 saturated carbocycles. The second-order valence-corrected chi connectivity index (χ2v) is 10.8. The van der Waals surface area contributed by atoms with Gasteiger partial charge in [0.25, 0.3) is 5.91 Å². The maximum atomic E-state index is 13.5. The Morgan fingerprint density at radius 3 is 2.38 bits per heavy atom. The average molecular weight is 489 g/mol. The van der Waals surface area contributed by atoms with Gasteiger partial charge in [-0.3, -0.25) is 9.59 Å². The number of H-pyrrole nitrogens is 1. The number of amides is 2. The third-order valence-corrected chi connectivity index (χ3v) is 7.63. The van der Waals surface area contributed by atoms with Crippen molar-refractivity contribution in [1.82, 2.24) is 30.8 Å². The molecule has 1 aromatic carbocycles. The van der Waals surface area contributed by atoms with Crippen molar-refractivity contribution in [3.05, 3.63) is 29.6 Å². The molecule has 2 N–H and O–H groups in total. The third-order valence-electron chi connectivity index (χ3n) is 6.06. The van der Waals surface area contributed by atoms with Gasteiger partial charge in [0.1, 0.15) is 34.5 Å². The maximum absolute atomic E-state index is 13.5. The van der Waals surface area contributed by atoms with E-state index in [-0.39, 0.29) is 28.0 Å². The van der Waals surface area contributed by atoms with Crippen molar-refractivity contribution in [2.75, 3.05) is 13.2 Å². The van der Waals surface area contributed by atoms with Crippen LogP contribution in [0.5, 0.6) is 11.5 Å². The van der Waals surface area contributed by atoms with E-state index >= 15 is 0 Å². The fourth-order valence-corrected chi connectivity index (χ4v) is 5.92. The number of hydrogen-bond donors (Lipinski definition) is 2. The number of rotatable bonds is 11. The normalized spacial score (nSPS) is 22.8. The molecule has 0 radical (unpaired) electrons. The summed E-state index contributed by atoms with van der Waals surface area (Å²) in [4.78, 5) is 28.4. The number of aromatic amines is 1. The van der Waals surface area contributed by atoms with E-state index in [4.69, 9.17) is 9.47 Å². The Bertz CT molecular complexity index is 987. The van der Waals surface area contributed by atoms with E-state index < -0.39 is 6.04 Å². The van der Waals surface area contributed by atoms with E-state index in [0.29, 0.717) is 36.1 Å². The largest absolute Gasteiger partial charge is 0.493 e. The van der Waals surface area contributed by atoms with Crippen LogP contribution in [0.25, 0.3) is 0 Å². The molecule has 2 aromatic rings. The van der Waals surface area contributed by atoms with Crippen LogP contribution >= 0.6 is 11.8 Å². The molecule has 2 aliphatic heterocycles. The molecule has 34 heavy (non-hydrogen) atoms. The van der Waals surface area contributed by atoms with Gasteiger partial charge in [-0.1, -0.05) is 38.0 Å². The molecule has 0 bridgehead atoms. The fraction of sp³-hybridized carbons (Fsp3) is 0.609. The number of aromatic nitrogens is 4. The third kappa shape index (κ3) is 4.57. The summed E-state index contributed by atoms with van der Waals surface area (Å²) in [5.41, 5.74) is 0.331. The van der Waals surface area contributed by atoms with E-state index in [9.17, 15) is 9.59 Å². The van der Waals surface area contributed by atoms with Gasteiger partial charge in [0.2, 0.25) is 5.91 Å². The first-order chi connectivity index (χ1) is 16.4. The maximum Gasteiger partial charge on any atom is 0.259 e. The molecule has 1 aromatic heterocycles. The van der Waals surface area contributed by atoms with Crippen LogP contribution < -0.4 is 14.8 Å². The molecule has 3 atom stereocenters. The van der Waals surface area contributed by atoms with E-state index in [2.05, 4.69) is 39.8 Å². The summed E-state index contributed by atoms with van der Waals surface area (Å²) in [5, 5.41) is 17.0. The molecule has 4 rings (SSSR count). The molecule has 2 aliphatic rings.